The van der Waals surface area contributed by atoms with Crippen molar-refractivity contribution in [1.29, 1.82) is 0 Å². The van der Waals surface area contributed by atoms with Gasteiger partial charge in [0, 0.05) is 17.7 Å². The molecule has 2 N–H and O–H groups in total. The average Bonchev–Trinajstić information content (AvgIpc) is 2.84. The summed E-state index contributed by atoms with van der Waals surface area (Å²) in [5.41, 5.74) is 5.91. The maximum atomic E-state index is 11.4. The number of rotatable bonds is 4. The molecule has 1 aliphatic rings. The largest absolute Gasteiger partial charge is 0.330 e. The van der Waals surface area contributed by atoms with Gasteiger partial charge in [0.05, 0.1) is 5.01 Å². The number of nitrogens with zero attached hydrogens (tertiary/aromatic N) is 1. The van der Waals surface area contributed by atoms with Gasteiger partial charge in [0.15, 0.2) is 5.78 Å². The highest BCUT2D eigenvalue weighted by Gasteiger charge is 2.27. The van der Waals surface area contributed by atoms with Gasteiger partial charge in [-0.25, -0.2) is 4.98 Å². The van der Waals surface area contributed by atoms with Crippen LogP contribution in [0.2, 0.25) is 0 Å². The number of aromatic nitrogens is 1. The summed E-state index contributed by atoms with van der Waals surface area (Å²) in [4.78, 5) is 15.7. The number of hydrogen-bond acceptors (Lipinski definition) is 4. The maximum Gasteiger partial charge on any atom is 0.183 e. The first kappa shape index (κ1) is 8.84. The van der Waals surface area contributed by atoms with Crippen molar-refractivity contribution in [2.45, 2.75) is 25.2 Å². The quantitative estimate of drug-likeness (QED) is 0.743. The predicted molar refractivity (Wildman–Crippen MR) is 52.1 cm³/mol. The van der Waals surface area contributed by atoms with E-state index in [1.165, 1.54) is 12.8 Å². The van der Waals surface area contributed by atoms with Gasteiger partial charge >= 0.3 is 0 Å². The molecule has 13 heavy (non-hydrogen) atoms. The first-order valence-corrected chi connectivity index (χ1v) is 5.38. The second-order valence-corrected chi connectivity index (χ2v) is 4.20. The molecule has 1 fully saturated rings. The Morgan fingerprint density at radius 3 is 3.08 bits per heavy atom. The summed E-state index contributed by atoms with van der Waals surface area (Å²) in [6, 6.07) is 0. The van der Waals surface area contributed by atoms with Crippen molar-refractivity contribution in [3.8, 4) is 0 Å². The Bertz CT molecular complexity index is 317. The van der Waals surface area contributed by atoms with Crippen LogP contribution in [-0.2, 0) is 0 Å². The number of thiazole rings is 1. The Kier molecular flexibility index (Phi) is 2.42. The summed E-state index contributed by atoms with van der Waals surface area (Å²) in [5.74, 6) is 0.718. The Labute approximate surface area is 81.0 Å². The third kappa shape index (κ3) is 1.95. The van der Waals surface area contributed by atoms with E-state index in [-0.39, 0.29) is 5.78 Å². The number of ketones is 1. The van der Waals surface area contributed by atoms with E-state index < -0.39 is 0 Å². The molecule has 0 amide bonds. The molecule has 1 saturated carbocycles. The van der Waals surface area contributed by atoms with Crippen molar-refractivity contribution in [2.24, 2.45) is 5.73 Å². The van der Waals surface area contributed by atoms with Crippen molar-refractivity contribution < 1.29 is 4.79 Å². The molecule has 4 heteroatoms. The highest BCUT2D eigenvalue weighted by molar-refractivity contribution is 7.10. The third-order valence-corrected chi connectivity index (χ3v) is 3.11. The van der Waals surface area contributed by atoms with E-state index in [4.69, 9.17) is 5.73 Å². The van der Waals surface area contributed by atoms with Gasteiger partial charge in [-0.1, -0.05) is 0 Å². The van der Waals surface area contributed by atoms with Crippen molar-refractivity contribution in [3.05, 3.63) is 16.1 Å². The van der Waals surface area contributed by atoms with Crippen LogP contribution in [0.5, 0.6) is 0 Å². The summed E-state index contributed by atoms with van der Waals surface area (Å²) >= 11 is 1.60. The monoisotopic (exact) mass is 196 g/mol. The highest BCUT2D eigenvalue weighted by atomic mass is 32.1. The van der Waals surface area contributed by atoms with Gasteiger partial charge in [0.25, 0.3) is 0 Å². The van der Waals surface area contributed by atoms with Gasteiger partial charge in [-0.15, -0.1) is 11.3 Å². The van der Waals surface area contributed by atoms with Gasteiger partial charge in [-0.3, -0.25) is 4.79 Å². The number of carbonyl (C=O) groups excluding carboxylic acids is 1. The van der Waals surface area contributed by atoms with Crippen molar-refractivity contribution in [2.75, 3.05) is 6.54 Å². The summed E-state index contributed by atoms with van der Waals surface area (Å²) in [5, 5.41) is 2.98. The molecule has 0 saturated heterocycles. The average molecular weight is 196 g/mol. The van der Waals surface area contributed by atoms with E-state index in [1.54, 1.807) is 11.3 Å². The molecular weight excluding hydrogens is 184 g/mol. The van der Waals surface area contributed by atoms with Crippen LogP contribution >= 0.6 is 11.3 Å². The zero-order valence-corrected chi connectivity index (χ0v) is 8.14. The molecule has 0 aliphatic heterocycles. The van der Waals surface area contributed by atoms with Crippen LogP contribution in [0.1, 0.15) is 40.7 Å². The molecule has 0 radical (unpaired) electrons. The van der Waals surface area contributed by atoms with E-state index in [9.17, 15) is 4.79 Å². The second-order valence-electron chi connectivity index (χ2n) is 3.31. The summed E-state index contributed by atoms with van der Waals surface area (Å²) in [7, 11) is 0. The Hall–Kier alpha value is -0.740. The predicted octanol–water partition coefficient (Wildman–Crippen LogP) is 1.55. The molecule has 0 unspecified atom stereocenters. The van der Waals surface area contributed by atoms with Crippen LogP contribution in [0, 0.1) is 0 Å². The first-order chi connectivity index (χ1) is 6.31. The fourth-order valence-electron chi connectivity index (χ4n) is 1.19. The van der Waals surface area contributed by atoms with E-state index in [2.05, 4.69) is 4.98 Å². The van der Waals surface area contributed by atoms with Gasteiger partial charge < -0.3 is 5.73 Å². The molecule has 3 nitrogen and oxygen atoms in total. The number of Topliss-reactive ketones (excluding diaryl/α,β-unsaturated/α-hetero) is 1. The van der Waals surface area contributed by atoms with Gasteiger partial charge in [-0.05, 0) is 19.4 Å². The van der Waals surface area contributed by atoms with Crippen molar-refractivity contribution >= 4 is 17.1 Å². The van der Waals surface area contributed by atoms with E-state index in [0.29, 0.717) is 24.6 Å². The molecule has 1 heterocycles. The van der Waals surface area contributed by atoms with Crippen LogP contribution in [0.25, 0.3) is 0 Å². The number of carbonyl (C=O) groups is 1. The highest BCUT2D eigenvalue weighted by Crippen LogP contribution is 2.41. The minimum atomic E-state index is 0.0747. The van der Waals surface area contributed by atoms with E-state index in [1.807, 2.05) is 5.38 Å². The first-order valence-electron chi connectivity index (χ1n) is 4.50. The fourth-order valence-corrected chi connectivity index (χ4v) is 2.19. The number of nitrogens with two attached hydrogens (primary N) is 1. The zero-order chi connectivity index (χ0) is 9.26. The SMILES string of the molecule is NCCC(=O)c1csc(C2CC2)n1. The normalized spacial score (nSPS) is 16.1. The molecular formula is C9H12N2OS. The van der Waals surface area contributed by atoms with Crippen molar-refractivity contribution in [3.63, 3.8) is 0 Å². The third-order valence-electron chi connectivity index (χ3n) is 2.11. The lowest BCUT2D eigenvalue weighted by Crippen LogP contribution is -2.08. The molecule has 1 aromatic heterocycles. The second kappa shape index (κ2) is 3.55. The summed E-state index contributed by atoms with van der Waals surface area (Å²) in [6.07, 6.45) is 2.88. The van der Waals surface area contributed by atoms with Crippen LogP contribution < -0.4 is 5.73 Å². The van der Waals surface area contributed by atoms with Crippen LogP contribution in [0.4, 0.5) is 0 Å². The minimum absolute atomic E-state index is 0.0747. The lowest BCUT2D eigenvalue weighted by atomic mass is 10.2. The maximum absolute atomic E-state index is 11.4. The van der Waals surface area contributed by atoms with Gasteiger partial charge in [0.1, 0.15) is 5.69 Å². The molecule has 70 valence electrons. The van der Waals surface area contributed by atoms with E-state index in [0.717, 1.165) is 5.01 Å². The Morgan fingerprint density at radius 1 is 1.69 bits per heavy atom. The van der Waals surface area contributed by atoms with Gasteiger partial charge in [-0.2, -0.15) is 0 Å². The number of hydrogen-bond donors (Lipinski definition) is 1. The van der Waals surface area contributed by atoms with Crippen molar-refractivity contribution in [1.82, 2.24) is 4.98 Å². The van der Waals surface area contributed by atoms with Gasteiger partial charge in [0.2, 0.25) is 0 Å². The lowest BCUT2D eigenvalue weighted by molar-refractivity contribution is 0.0981. The lowest BCUT2D eigenvalue weighted by Gasteiger charge is -1.91. The fraction of sp³-hybridized carbons (Fsp3) is 0.556. The Morgan fingerprint density at radius 2 is 2.46 bits per heavy atom. The van der Waals surface area contributed by atoms with Crippen LogP contribution in [0.3, 0.4) is 0 Å². The van der Waals surface area contributed by atoms with E-state index >= 15 is 0 Å². The standard InChI is InChI=1S/C9H12N2OS/c10-4-3-8(12)7-5-13-9(11-7)6-1-2-6/h5-6H,1-4,10H2. The molecule has 2 rings (SSSR count). The molecule has 0 spiro atoms. The molecule has 0 aromatic carbocycles. The molecule has 1 aromatic rings. The topological polar surface area (TPSA) is 56.0 Å². The summed E-state index contributed by atoms with van der Waals surface area (Å²) < 4.78 is 0. The minimum Gasteiger partial charge on any atom is -0.330 e. The Balaban J connectivity index is 2.07. The zero-order valence-electron chi connectivity index (χ0n) is 7.32. The molecule has 0 atom stereocenters. The van der Waals surface area contributed by atoms with Crippen LogP contribution in [0.15, 0.2) is 5.38 Å². The molecule has 1 aliphatic carbocycles. The summed E-state index contributed by atoms with van der Waals surface area (Å²) in [6.45, 7) is 0.412. The smallest absolute Gasteiger partial charge is 0.183 e. The van der Waals surface area contributed by atoms with Crippen LogP contribution in [-0.4, -0.2) is 17.3 Å². The molecule has 0 bridgehead atoms.